The van der Waals surface area contributed by atoms with Gasteiger partial charge in [-0.25, -0.2) is 9.79 Å². The van der Waals surface area contributed by atoms with Crippen LogP contribution in [-0.2, 0) is 11.2 Å². The first kappa shape index (κ1) is 17.4. The fourth-order valence-electron chi connectivity index (χ4n) is 1.93. The fourth-order valence-corrected chi connectivity index (χ4v) is 1.93. The number of carbonyl (C=O) groups excluding carboxylic acids is 1. The molecule has 7 heteroatoms. The lowest BCUT2D eigenvalue weighted by Gasteiger charge is -2.19. The molecule has 3 N–H and O–H groups in total. The van der Waals surface area contributed by atoms with Crippen LogP contribution in [0.2, 0.25) is 0 Å². The molecule has 7 nitrogen and oxygen atoms in total. The number of hydrogen-bond donors (Lipinski definition) is 2. The molecule has 126 valence electrons. The number of rotatable bonds is 3. The second kappa shape index (κ2) is 7.57. The van der Waals surface area contributed by atoms with Crippen molar-refractivity contribution in [3.05, 3.63) is 29.8 Å². The van der Waals surface area contributed by atoms with Crippen LogP contribution in [0.3, 0.4) is 0 Å². The molecule has 0 saturated heterocycles. The summed E-state index contributed by atoms with van der Waals surface area (Å²) in [4.78, 5) is 24.1. The van der Waals surface area contributed by atoms with Crippen LogP contribution in [0.4, 0.5) is 16.2 Å². The van der Waals surface area contributed by atoms with Gasteiger partial charge in [0.25, 0.3) is 0 Å². The van der Waals surface area contributed by atoms with Gasteiger partial charge in [0.2, 0.25) is 0 Å². The van der Waals surface area contributed by atoms with Gasteiger partial charge in [0.15, 0.2) is 5.96 Å². The summed E-state index contributed by atoms with van der Waals surface area (Å²) in [6.07, 6.45) is 3.36. The normalized spacial score (nSPS) is 13.4. The Kier molecular flexibility index (Phi) is 5.50. The number of carbonyl (C=O) groups is 1. The number of fused-ring (bicyclic) bond motifs is 1. The van der Waals surface area contributed by atoms with Gasteiger partial charge in [0.1, 0.15) is 5.60 Å². The number of nitrogens with one attached hydrogen (secondary N) is 1. The number of benzene rings is 1. The molecule has 0 fully saturated rings. The Bertz CT molecular complexity index is 738. The van der Waals surface area contributed by atoms with Crippen LogP contribution in [-0.4, -0.2) is 36.3 Å². The Morgan fingerprint density at radius 2 is 2.17 bits per heavy atom. The molecule has 1 aromatic rings. The summed E-state index contributed by atoms with van der Waals surface area (Å²) in [6.45, 7) is 5.77. The first-order valence-electron chi connectivity index (χ1n) is 7.58. The Labute approximate surface area is 141 Å². The Hall–Kier alpha value is -2.92. The van der Waals surface area contributed by atoms with E-state index in [1.807, 2.05) is 18.2 Å². The summed E-state index contributed by atoms with van der Waals surface area (Å²) in [7, 11) is 0. The predicted octanol–water partition coefficient (Wildman–Crippen LogP) is 2.64. The second-order valence-electron chi connectivity index (χ2n) is 6.15. The van der Waals surface area contributed by atoms with Gasteiger partial charge >= 0.3 is 6.09 Å². The maximum absolute atomic E-state index is 11.6. The van der Waals surface area contributed by atoms with E-state index < -0.39 is 11.7 Å². The molecular formula is C17H21N5O2. The van der Waals surface area contributed by atoms with Crippen molar-refractivity contribution in [1.29, 1.82) is 0 Å². The molecule has 1 aliphatic heterocycles. The number of ether oxygens (including phenoxy) is 1. The summed E-state index contributed by atoms with van der Waals surface area (Å²) in [6, 6.07) is 5.79. The van der Waals surface area contributed by atoms with Gasteiger partial charge < -0.3 is 10.5 Å². The third-order valence-electron chi connectivity index (χ3n) is 2.90. The summed E-state index contributed by atoms with van der Waals surface area (Å²) in [5, 5.41) is 2.40. The molecular weight excluding hydrogens is 306 g/mol. The summed E-state index contributed by atoms with van der Waals surface area (Å²) >= 11 is 0. The van der Waals surface area contributed by atoms with Crippen molar-refractivity contribution in [2.45, 2.75) is 32.8 Å². The minimum atomic E-state index is -0.617. The SMILES string of the molecule is CC(C)(C)OC(=O)NC(N)=NCCc1ccc2c(c1)N=CC=C=N2. The third kappa shape index (κ3) is 5.70. The molecule has 0 spiro atoms. The van der Waals surface area contributed by atoms with Crippen LogP contribution in [0, 0.1) is 0 Å². The molecule has 24 heavy (non-hydrogen) atoms. The van der Waals surface area contributed by atoms with Gasteiger partial charge in [-0.3, -0.25) is 15.3 Å². The zero-order chi connectivity index (χ0) is 17.6. The van der Waals surface area contributed by atoms with Crippen molar-refractivity contribution in [1.82, 2.24) is 5.32 Å². The van der Waals surface area contributed by atoms with Crippen molar-refractivity contribution >= 4 is 35.5 Å². The Morgan fingerprint density at radius 1 is 1.38 bits per heavy atom. The largest absolute Gasteiger partial charge is 0.444 e. The average molecular weight is 327 g/mol. The van der Waals surface area contributed by atoms with Crippen molar-refractivity contribution < 1.29 is 9.53 Å². The standard InChI is InChI=1S/C17H21N5O2/c1-17(2,3)24-16(23)22-15(18)21-10-7-12-5-6-13-14(11-12)20-9-4-8-19-13/h4-6,9,11H,7,10H2,1-3H3,(H3,18,21,22,23). The number of allylic oxidation sites excluding steroid dienone is 1. The van der Waals surface area contributed by atoms with Crippen molar-refractivity contribution in [3.8, 4) is 0 Å². The van der Waals surface area contributed by atoms with Gasteiger partial charge in [0.05, 0.1) is 11.4 Å². The number of amides is 1. The zero-order valence-corrected chi connectivity index (χ0v) is 14.0. The van der Waals surface area contributed by atoms with Crippen LogP contribution in [0.15, 0.2) is 39.3 Å². The summed E-state index contributed by atoms with van der Waals surface area (Å²) in [5.74, 6) is 2.81. The van der Waals surface area contributed by atoms with E-state index in [1.54, 1.807) is 33.1 Å². The molecule has 0 unspecified atom stereocenters. The molecule has 0 radical (unpaired) electrons. The van der Waals surface area contributed by atoms with Gasteiger partial charge in [-0.15, -0.1) is 0 Å². The second-order valence-corrected chi connectivity index (χ2v) is 6.15. The number of guanidine groups is 1. The van der Waals surface area contributed by atoms with E-state index in [9.17, 15) is 4.79 Å². The Morgan fingerprint density at radius 3 is 2.92 bits per heavy atom. The monoisotopic (exact) mass is 327 g/mol. The molecule has 1 amide bonds. The fraction of sp³-hybridized carbons (Fsp3) is 0.353. The van der Waals surface area contributed by atoms with E-state index in [1.165, 1.54) is 0 Å². The molecule has 0 aromatic heterocycles. The number of aliphatic imine (C=N–C) groups is 3. The van der Waals surface area contributed by atoms with E-state index in [0.29, 0.717) is 13.0 Å². The van der Waals surface area contributed by atoms with Gasteiger partial charge in [-0.1, -0.05) is 6.07 Å². The highest BCUT2D eigenvalue weighted by Gasteiger charge is 2.16. The van der Waals surface area contributed by atoms with E-state index in [0.717, 1.165) is 16.9 Å². The molecule has 1 heterocycles. The molecule has 0 atom stereocenters. The highest BCUT2D eigenvalue weighted by molar-refractivity contribution is 5.93. The first-order valence-corrected chi connectivity index (χ1v) is 7.58. The third-order valence-corrected chi connectivity index (χ3v) is 2.90. The summed E-state index contributed by atoms with van der Waals surface area (Å²) < 4.78 is 5.10. The molecule has 0 saturated carbocycles. The molecule has 1 aliphatic rings. The topological polar surface area (TPSA) is 101 Å². The predicted molar refractivity (Wildman–Crippen MR) is 95.8 cm³/mol. The van der Waals surface area contributed by atoms with E-state index >= 15 is 0 Å². The highest BCUT2D eigenvalue weighted by Crippen LogP contribution is 2.29. The maximum Gasteiger partial charge on any atom is 0.414 e. The lowest BCUT2D eigenvalue weighted by atomic mass is 10.1. The quantitative estimate of drug-likeness (QED) is 0.659. The minimum absolute atomic E-state index is 0.0332. The van der Waals surface area contributed by atoms with Crippen LogP contribution in [0.5, 0.6) is 0 Å². The first-order chi connectivity index (χ1) is 11.3. The average Bonchev–Trinajstić information content (AvgIpc) is 2.69. The Balaban J connectivity index is 1.89. The van der Waals surface area contributed by atoms with Crippen molar-refractivity contribution in [3.63, 3.8) is 0 Å². The van der Waals surface area contributed by atoms with Crippen LogP contribution in [0.25, 0.3) is 0 Å². The molecule has 1 aromatic carbocycles. The highest BCUT2D eigenvalue weighted by atomic mass is 16.6. The molecule has 0 bridgehead atoms. The zero-order valence-electron chi connectivity index (χ0n) is 14.0. The van der Waals surface area contributed by atoms with Gasteiger partial charge in [-0.05, 0) is 50.8 Å². The lowest BCUT2D eigenvalue weighted by molar-refractivity contribution is 0.0562. The number of nitrogens with two attached hydrogens (primary N) is 1. The minimum Gasteiger partial charge on any atom is -0.444 e. The van der Waals surface area contributed by atoms with Crippen LogP contribution < -0.4 is 11.1 Å². The van der Waals surface area contributed by atoms with Gasteiger partial charge in [-0.2, -0.15) is 0 Å². The van der Waals surface area contributed by atoms with E-state index in [4.69, 9.17) is 10.5 Å². The van der Waals surface area contributed by atoms with E-state index in [2.05, 4.69) is 26.2 Å². The number of hydrogen-bond acceptors (Lipinski definition) is 5. The maximum atomic E-state index is 11.6. The molecule has 0 aliphatic carbocycles. The lowest BCUT2D eigenvalue weighted by Crippen LogP contribution is -2.40. The van der Waals surface area contributed by atoms with Crippen LogP contribution in [0.1, 0.15) is 26.3 Å². The van der Waals surface area contributed by atoms with Crippen molar-refractivity contribution in [2.75, 3.05) is 6.54 Å². The van der Waals surface area contributed by atoms with E-state index in [-0.39, 0.29) is 5.96 Å². The van der Waals surface area contributed by atoms with Gasteiger partial charge in [0, 0.05) is 18.8 Å². The molecule has 2 rings (SSSR count). The van der Waals surface area contributed by atoms with Crippen molar-refractivity contribution in [2.24, 2.45) is 20.7 Å². The number of nitrogens with zero attached hydrogens (tertiary/aromatic N) is 3. The van der Waals surface area contributed by atoms with Crippen LogP contribution >= 0.6 is 0 Å². The number of alkyl carbamates (subject to hydrolysis) is 1. The summed E-state index contributed by atoms with van der Waals surface area (Å²) in [5.41, 5.74) is 7.72. The smallest absolute Gasteiger partial charge is 0.414 e.